The minimum atomic E-state index is -4.60. The summed E-state index contributed by atoms with van der Waals surface area (Å²) in [6.07, 6.45) is 5.10. The van der Waals surface area contributed by atoms with E-state index in [1.165, 1.54) is 12.4 Å². The van der Waals surface area contributed by atoms with Gasteiger partial charge in [-0.15, -0.1) is 0 Å². The number of nitrogens with one attached hydrogen (secondary N) is 1. The number of hydrogen-bond acceptors (Lipinski definition) is 7. The average molecular weight is 536 g/mol. The highest BCUT2D eigenvalue weighted by atomic mass is 19.4. The van der Waals surface area contributed by atoms with Crippen LogP contribution in [0.2, 0.25) is 0 Å². The Morgan fingerprint density at radius 2 is 1.97 bits per heavy atom. The molecule has 0 radical (unpaired) electrons. The summed E-state index contributed by atoms with van der Waals surface area (Å²) in [5, 5.41) is 15.1. The fourth-order valence-electron chi connectivity index (χ4n) is 5.60. The Bertz CT molecular complexity index is 1560. The third-order valence-electron chi connectivity index (χ3n) is 7.66. The lowest BCUT2D eigenvalue weighted by Gasteiger charge is -2.53. The first-order valence-electron chi connectivity index (χ1n) is 12.5. The van der Waals surface area contributed by atoms with E-state index in [4.69, 9.17) is 0 Å². The van der Waals surface area contributed by atoms with Crippen LogP contribution in [0.15, 0.2) is 49.3 Å². The molecule has 10 nitrogen and oxygen atoms in total. The number of aromatic amines is 1. The largest absolute Gasteiger partial charge is 0.433 e. The van der Waals surface area contributed by atoms with Crippen LogP contribution in [-0.2, 0) is 11.7 Å². The van der Waals surface area contributed by atoms with Gasteiger partial charge in [0, 0.05) is 67.3 Å². The molecule has 6 rings (SSSR count). The lowest BCUT2D eigenvalue weighted by molar-refractivity contribution is -0.141. The fraction of sp³-hybridized carbons (Fsp3) is 0.385. The summed E-state index contributed by atoms with van der Waals surface area (Å²) in [6.45, 7) is 2.17. The van der Waals surface area contributed by atoms with E-state index in [2.05, 4.69) is 36.0 Å². The molecule has 0 unspecified atom stereocenters. The molecule has 1 amide bonds. The topological polar surface area (TPSA) is 120 Å². The highest BCUT2D eigenvalue weighted by molar-refractivity contribution is 5.94. The summed E-state index contributed by atoms with van der Waals surface area (Å²) in [5.74, 6) is -0.422. The molecule has 0 saturated carbocycles. The number of alkyl halides is 3. The monoisotopic (exact) mass is 535 g/mol. The quantitative estimate of drug-likeness (QED) is 0.416. The van der Waals surface area contributed by atoms with E-state index in [0.29, 0.717) is 45.4 Å². The third kappa shape index (κ3) is 4.50. The van der Waals surface area contributed by atoms with E-state index >= 15 is 0 Å². The molecule has 0 atom stereocenters. The highest BCUT2D eigenvalue weighted by Crippen LogP contribution is 2.37. The molecule has 2 aliphatic rings. The van der Waals surface area contributed by atoms with Gasteiger partial charge in [-0.1, -0.05) is 0 Å². The maximum absolute atomic E-state index is 13.0. The van der Waals surface area contributed by atoms with E-state index in [9.17, 15) is 23.2 Å². The number of nitrogens with zero attached hydrogens (tertiary/aromatic N) is 8. The fourth-order valence-corrected chi connectivity index (χ4v) is 5.60. The maximum atomic E-state index is 13.0. The zero-order valence-corrected chi connectivity index (χ0v) is 20.8. The second-order valence-corrected chi connectivity index (χ2v) is 10.1. The van der Waals surface area contributed by atoms with Crippen LogP contribution in [0.25, 0.3) is 22.3 Å². The average Bonchev–Trinajstić information content (AvgIpc) is 3.60. The molecule has 2 aliphatic heterocycles. The number of carbonyl (C=O) groups is 1. The van der Waals surface area contributed by atoms with Crippen molar-refractivity contribution in [2.75, 3.05) is 26.2 Å². The van der Waals surface area contributed by atoms with Crippen molar-refractivity contribution in [3.05, 3.63) is 60.6 Å². The number of likely N-dealkylation sites (tertiary alicyclic amines) is 2. The first kappa shape index (κ1) is 25.0. The van der Waals surface area contributed by atoms with Crippen LogP contribution in [0, 0.1) is 11.3 Å². The van der Waals surface area contributed by atoms with Crippen LogP contribution in [0.5, 0.6) is 0 Å². The van der Waals surface area contributed by atoms with Crippen molar-refractivity contribution in [2.24, 2.45) is 0 Å². The molecule has 0 aliphatic carbocycles. The van der Waals surface area contributed by atoms with E-state index in [-0.39, 0.29) is 11.6 Å². The lowest BCUT2D eigenvalue weighted by atomic mass is 9.83. The van der Waals surface area contributed by atoms with Gasteiger partial charge in [-0.3, -0.25) is 19.4 Å². The van der Waals surface area contributed by atoms with Crippen LogP contribution in [0.4, 0.5) is 13.2 Å². The van der Waals surface area contributed by atoms with Crippen LogP contribution < -0.4 is 0 Å². The van der Waals surface area contributed by atoms with E-state index in [1.807, 2.05) is 23.1 Å². The Morgan fingerprint density at radius 3 is 2.72 bits per heavy atom. The van der Waals surface area contributed by atoms with Gasteiger partial charge in [0.05, 0.1) is 24.4 Å². The Labute approximate surface area is 221 Å². The SMILES string of the molecule is N#CCC1(n2cc(-c3ncnc4[nH]ccc34)cn2)CN(C2CCN(C(=O)c3ccnc(C(F)(F)F)c3)CC2)C1. The van der Waals surface area contributed by atoms with Crippen molar-refractivity contribution < 1.29 is 18.0 Å². The van der Waals surface area contributed by atoms with Crippen LogP contribution in [-0.4, -0.2) is 77.6 Å². The molecule has 0 spiro atoms. The second-order valence-electron chi connectivity index (χ2n) is 10.1. The second kappa shape index (κ2) is 9.46. The van der Waals surface area contributed by atoms with Gasteiger partial charge in [-0.2, -0.15) is 23.5 Å². The van der Waals surface area contributed by atoms with E-state index in [0.717, 1.165) is 34.6 Å². The number of amides is 1. The number of hydrogen-bond donors (Lipinski definition) is 1. The summed E-state index contributed by atoms with van der Waals surface area (Å²) in [6, 6.07) is 6.55. The number of carbonyl (C=O) groups excluding carboxylic acids is 1. The van der Waals surface area contributed by atoms with E-state index in [1.54, 1.807) is 11.1 Å². The van der Waals surface area contributed by atoms with Crippen molar-refractivity contribution in [3.63, 3.8) is 0 Å². The first-order chi connectivity index (χ1) is 18.8. The Kier molecular flexibility index (Phi) is 6.06. The molecule has 1 N–H and O–H groups in total. The van der Waals surface area contributed by atoms with Crippen molar-refractivity contribution in [1.29, 1.82) is 5.26 Å². The molecule has 2 saturated heterocycles. The summed E-state index contributed by atoms with van der Waals surface area (Å²) in [5.41, 5.74) is 0.803. The van der Waals surface area contributed by atoms with Crippen molar-refractivity contribution in [2.45, 2.75) is 37.0 Å². The number of rotatable bonds is 5. The standard InChI is InChI=1S/C26H24F3N9O/c27-26(28,29)21-11-17(1-7-31-21)24(39)36-9-3-19(4-10-36)37-14-25(15-37,5-6-30)38-13-18(12-35-38)22-20-2-8-32-23(20)34-16-33-22/h1-2,7-8,11-13,16,19H,3-5,9-10,14-15H2,(H,32,33,34). The van der Waals surface area contributed by atoms with Gasteiger partial charge in [0.1, 0.15) is 23.2 Å². The lowest BCUT2D eigenvalue weighted by Crippen LogP contribution is -2.66. The summed E-state index contributed by atoms with van der Waals surface area (Å²) >= 11 is 0. The van der Waals surface area contributed by atoms with Gasteiger partial charge < -0.3 is 9.88 Å². The number of H-pyrrole nitrogens is 1. The van der Waals surface area contributed by atoms with Crippen LogP contribution >= 0.6 is 0 Å². The minimum absolute atomic E-state index is 0.0112. The zero-order valence-electron chi connectivity index (χ0n) is 20.8. The molecule has 13 heteroatoms. The van der Waals surface area contributed by atoms with Gasteiger partial charge in [0.2, 0.25) is 0 Å². The van der Waals surface area contributed by atoms with Gasteiger partial charge in [-0.05, 0) is 31.0 Å². The molecular formula is C26H24F3N9O. The van der Waals surface area contributed by atoms with Crippen molar-refractivity contribution in [3.8, 4) is 17.3 Å². The molecule has 39 heavy (non-hydrogen) atoms. The minimum Gasteiger partial charge on any atom is -0.346 e. The molecular weight excluding hydrogens is 511 g/mol. The van der Waals surface area contributed by atoms with Crippen LogP contribution in [0.1, 0.15) is 35.3 Å². The predicted octanol–water partition coefficient (Wildman–Crippen LogP) is 3.46. The van der Waals surface area contributed by atoms with E-state index < -0.39 is 23.3 Å². The summed E-state index contributed by atoms with van der Waals surface area (Å²) in [7, 11) is 0. The maximum Gasteiger partial charge on any atom is 0.433 e. The van der Waals surface area contributed by atoms with Gasteiger partial charge >= 0.3 is 6.18 Å². The van der Waals surface area contributed by atoms with Crippen molar-refractivity contribution >= 4 is 16.9 Å². The Balaban J connectivity index is 1.11. The molecule has 6 heterocycles. The van der Waals surface area contributed by atoms with Gasteiger partial charge in [0.25, 0.3) is 5.91 Å². The molecule has 4 aromatic rings. The number of piperidine rings is 1. The summed E-state index contributed by atoms with van der Waals surface area (Å²) in [4.78, 5) is 31.8. The van der Waals surface area contributed by atoms with Crippen LogP contribution in [0.3, 0.4) is 0 Å². The third-order valence-corrected chi connectivity index (χ3v) is 7.66. The summed E-state index contributed by atoms with van der Waals surface area (Å²) < 4.78 is 40.9. The number of aromatic nitrogens is 6. The molecule has 0 aromatic carbocycles. The number of fused-ring (bicyclic) bond motifs is 1. The molecule has 0 bridgehead atoms. The van der Waals surface area contributed by atoms with Gasteiger partial charge in [-0.25, -0.2) is 9.97 Å². The Morgan fingerprint density at radius 1 is 1.18 bits per heavy atom. The molecule has 200 valence electrons. The molecule has 2 fully saturated rings. The Hall–Kier alpha value is -4.31. The normalized spacial score (nSPS) is 18.2. The first-order valence-corrected chi connectivity index (χ1v) is 12.5. The predicted molar refractivity (Wildman–Crippen MR) is 133 cm³/mol. The zero-order chi connectivity index (χ0) is 27.2. The number of halogens is 3. The highest BCUT2D eigenvalue weighted by Gasteiger charge is 2.48. The number of pyridine rings is 1. The number of nitriles is 1. The molecule has 4 aromatic heterocycles. The van der Waals surface area contributed by atoms with Gasteiger partial charge in [0.15, 0.2) is 0 Å². The van der Waals surface area contributed by atoms with Crippen molar-refractivity contribution in [1.82, 2.24) is 39.5 Å². The smallest absolute Gasteiger partial charge is 0.346 e.